The lowest BCUT2D eigenvalue weighted by atomic mass is 9.87. The first-order valence-corrected chi connectivity index (χ1v) is 6.46. The van der Waals surface area contributed by atoms with Crippen LogP contribution < -0.4 is 5.32 Å². The van der Waals surface area contributed by atoms with Gasteiger partial charge < -0.3 is 5.32 Å². The summed E-state index contributed by atoms with van der Waals surface area (Å²) in [5, 5.41) is 3.37. The van der Waals surface area contributed by atoms with Gasteiger partial charge in [-0.05, 0) is 37.4 Å². The monoisotopic (exact) mass is 245 g/mol. The maximum Gasteiger partial charge on any atom is 0.0960 e. The lowest BCUT2D eigenvalue weighted by molar-refractivity contribution is 0.323. The summed E-state index contributed by atoms with van der Waals surface area (Å²) in [6, 6.07) is 2.61. The van der Waals surface area contributed by atoms with Crippen LogP contribution in [-0.2, 0) is 0 Å². The van der Waals surface area contributed by atoms with Crippen molar-refractivity contribution in [1.29, 1.82) is 0 Å². The van der Waals surface area contributed by atoms with E-state index >= 15 is 0 Å². The topological polar surface area (TPSA) is 12.0 Å². The van der Waals surface area contributed by atoms with Crippen molar-refractivity contribution < 1.29 is 0 Å². The highest BCUT2D eigenvalue weighted by Gasteiger charge is 2.20. The van der Waals surface area contributed by atoms with Crippen LogP contribution in [0.1, 0.15) is 43.7 Å². The summed E-state index contributed by atoms with van der Waals surface area (Å²) in [7, 11) is 2.01. The second-order valence-electron chi connectivity index (χ2n) is 5.21. The molecule has 1 unspecified atom stereocenters. The molecule has 0 radical (unpaired) electrons. The van der Waals surface area contributed by atoms with Gasteiger partial charge in [-0.25, -0.2) is 0 Å². The fourth-order valence-electron chi connectivity index (χ4n) is 1.61. The van der Waals surface area contributed by atoms with Gasteiger partial charge in [-0.3, -0.25) is 0 Å². The SMILES string of the molecule is CNC(CC(C)(C)C)c1cc(C)c(Cl)s1. The first-order valence-electron chi connectivity index (χ1n) is 5.26. The van der Waals surface area contributed by atoms with Crippen LogP contribution in [-0.4, -0.2) is 7.05 Å². The van der Waals surface area contributed by atoms with Crippen LogP contribution in [0.3, 0.4) is 0 Å². The molecule has 1 aromatic rings. The van der Waals surface area contributed by atoms with Crippen molar-refractivity contribution in [3.63, 3.8) is 0 Å². The van der Waals surface area contributed by atoms with Crippen LogP contribution in [0.25, 0.3) is 0 Å². The normalized spacial score (nSPS) is 14.3. The van der Waals surface area contributed by atoms with Gasteiger partial charge in [0.05, 0.1) is 4.34 Å². The van der Waals surface area contributed by atoms with Crippen LogP contribution in [0.5, 0.6) is 0 Å². The van der Waals surface area contributed by atoms with Crippen molar-refractivity contribution in [2.45, 2.75) is 40.2 Å². The summed E-state index contributed by atoms with van der Waals surface area (Å²) >= 11 is 7.78. The molecule has 0 saturated heterocycles. The Balaban J connectivity index is 2.83. The molecular formula is C12H20ClNS. The van der Waals surface area contributed by atoms with Gasteiger partial charge in [-0.2, -0.15) is 0 Å². The average molecular weight is 246 g/mol. The highest BCUT2D eigenvalue weighted by Crippen LogP contribution is 2.36. The molecule has 1 heterocycles. The predicted octanol–water partition coefficient (Wildman–Crippen LogP) is 4.41. The minimum Gasteiger partial charge on any atom is -0.312 e. The third kappa shape index (κ3) is 3.78. The van der Waals surface area contributed by atoms with Gasteiger partial charge >= 0.3 is 0 Å². The van der Waals surface area contributed by atoms with E-state index in [4.69, 9.17) is 11.6 Å². The zero-order valence-corrected chi connectivity index (χ0v) is 11.7. The Kier molecular flexibility index (Phi) is 4.21. The molecule has 0 aliphatic carbocycles. The molecule has 1 nitrogen and oxygen atoms in total. The quantitative estimate of drug-likeness (QED) is 0.832. The lowest BCUT2D eigenvalue weighted by Crippen LogP contribution is -2.21. The van der Waals surface area contributed by atoms with E-state index in [0.717, 1.165) is 10.8 Å². The minimum absolute atomic E-state index is 0.331. The number of nitrogens with one attached hydrogen (secondary N) is 1. The molecule has 0 aliphatic heterocycles. The Hall–Kier alpha value is -0.0500. The maximum atomic E-state index is 6.09. The average Bonchev–Trinajstić information content (AvgIpc) is 2.41. The molecule has 0 bridgehead atoms. The number of thiophene rings is 1. The summed E-state index contributed by atoms with van der Waals surface area (Å²) in [6.45, 7) is 8.85. The van der Waals surface area contributed by atoms with E-state index in [1.54, 1.807) is 11.3 Å². The second-order valence-corrected chi connectivity index (χ2v) is 6.90. The number of aryl methyl sites for hydroxylation is 1. The van der Waals surface area contributed by atoms with Gasteiger partial charge in [0.2, 0.25) is 0 Å². The number of halogens is 1. The van der Waals surface area contributed by atoms with Crippen LogP contribution in [0, 0.1) is 12.3 Å². The smallest absolute Gasteiger partial charge is 0.0960 e. The molecule has 0 saturated carbocycles. The van der Waals surface area contributed by atoms with Crippen molar-refractivity contribution in [2.24, 2.45) is 5.41 Å². The molecule has 1 rings (SSSR count). The summed E-state index contributed by atoms with van der Waals surface area (Å²) in [6.07, 6.45) is 1.12. The first-order chi connectivity index (χ1) is 6.83. The van der Waals surface area contributed by atoms with Gasteiger partial charge in [-0.1, -0.05) is 32.4 Å². The van der Waals surface area contributed by atoms with Crippen molar-refractivity contribution in [2.75, 3.05) is 7.05 Å². The highest BCUT2D eigenvalue weighted by atomic mass is 35.5. The molecule has 1 aromatic heterocycles. The number of hydrogen-bond acceptors (Lipinski definition) is 2. The van der Waals surface area contributed by atoms with E-state index < -0.39 is 0 Å². The minimum atomic E-state index is 0.331. The van der Waals surface area contributed by atoms with Crippen molar-refractivity contribution in [3.8, 4) is 0 Å². The Labute approximate surface area is 102 Å². The fraction of sp³-hybridized carbons (Fsp3) is 0.667. The maximum absolute atomic E-state index is 6.09. The summed E-state index contributed by atoms with van der Waals surface area (Å²) < 4.78 is 0.916. The van der Waals surface area contributed by atoms with E-state index in [0.29, 0.717) is 11.5 Å². The van der Waals surface area contributed by atoms with Gasteiger partial charge in [0.25, 0.3) is 0 Å². The van der Waals surface area contributed by atoms with Crippen LogP contribution in [0.2, 0.25) is 4.34 Å². The molecule has 1 N–H and O–H groups in total. The third-order valence-corrected chi connectivity index (χ3v) is 4.05. The molecule has 0 spiro atoms. The highest BCUT2D eigenvalue weighted by molar-refractivity contribution is 7.16. The zero-order valence-electron chi connectivity index (χ0n) is 10.1. The van der Waals surface area contributed by atoms with Crippen LogP contribution in [0.15, 0.2) is 6.07 Å². The summed E-state index contributed by atoms with van der Waals surface area (Å²) in [5.41, 5.74) is 1.52. The van der Waals surface area contributed by atoms with E-state index in [9.17, 15) is 0 Å². The molecule has 0 aliphatic rings. The predicted molar refractivity (Wildman–Crippen MR) is 69.9 cm³/mol. The molecule has 0 aromatic carbocycles. The molecule has 15 heavy (non-hydrogen) atoms. The fourth-order valence-corrected chi connectivity index (χ4v) is 2.94. The lowest BCUT2D eigenvalue weighted by Gasteiger charge is -2.24. The van der Waals surface area contributed by atoms with Gasteiger partial charge in [-0.15, -0.1) is 11.3 Å². The standard InChI is InChI=1S/C12H20ClNS/c1-8-6-10(15-11(8)13)9(14-5)7-12(2,3)4/h6,9,14H,7H2,1-5H3. The second kappa shape index (κ2) is 4.86. The first kappa shape index (κ1) is 13.0. The van der Waals surface area contributed by atoms with Crippen molar-refractivity contribution >= 4 is 22.9 Å². The largest absolute Gasteiger partial charge is 0.312 e. The van der Waals surface area contributed by atoms with Crippen LogP contribution in [0.4, 0.5) is 0 Å². The molecular weight excluding hydrogens is 226 g/mol. The Morgan fingerprint density at radius 1 is 1.47 bits per heavy atom. The van der Waals surface area contributed by atoms with Crippen molar-refractivity contribution in [3.05, 3.63) is 20.8 Å². The number of hydrogen-bond donors (Lipinski definition) is 1. The molecule has 86 valence electrons. The molecule has 1 atom stereocenters. The van der Waals surface area contributed by atoms with Gasteiger partial charge in [0.1, 0.15) is 0 Å². The van der Waals surface area contributed by atoms with Gasteiger partial charge in [0.15, 0.2) is 0 Å². The third-order valence-electron chi connectivity index (χ3n) is 2.38. The van der Waals surface area contributed by atoms with E-state index in [1.807, 2.05) is 7.05 Å². The summed E-state index contributed by atoms with van der Waals surface area (Å²) in [5.74, 6) is 0. The van der Waals surface area contributed by atoms with Crippen LogP contribution >= 0.6 is 22.9 Å². The Morgan fingerprint density at radius 3 is 2.40 bits per heavy atom. The molecule has 0 fully saturated rings. The van der Waals surface area contributed by atoms with Crippen molar-refractivity contribution in [1.82, 2.24) is 5.32 Å². The molecule has 3 heteroatoms. The van der Waals surface area contributed by atoms with E-state index in [-0.39, 0.29) is 0 Å². The van der Waals surface area contributed by atoms with E-state index in [1.165, 1.54) is 10.4 Å². The number of rotatable bonds is 3. The van der Waals surface area contributed by atoms with E-state index in [2.05, 4.69) is 39.1 Å². The Bertz CT molecular complexity index is 305. The zero-order chi connectivity index (χ0) is 11.6. The molecule has 0 amide bonds. The van der Waals surface area contributed by atoms with Gasteiger partial charge in [0, 0.05) is 10.9 Å². The summed E-state index contributed by atoms with van der Waals surface area (Å²) in [4.78, 5) is 1.34. The Morgan fingerprint density at radius 2 is 2.07 bits per heavy atom.